The van der Waals surface area contributed by atoms with E-state index >= 15 is 0 Å². The van der Waals surface area contributed by atoms with E-state index in [1.165, 1.54) is 75.1 Å². The molecule has 4 heteroatoms. The minimum Gasteiger partial charge on any atom is -0.323 e. The smallest absolute Gasteiger partial charge is 0.122 e. The summed E-state index contributed by atoms with van der Waals surface area (Å²) in [6.07, 6.45) is 0. The lowest BCUT2D eigenvalue weighted by Crippen LogP contribution is -2.44. The maximum Gasteiger partial charge on any atom is 0.122 e. The van der Waals surface area contributed by atoms with E-state index in [0.717, 1.165) is 39.6 Å². The van der Waals surface area contributed by atoms with Crippen molar-refractivity contribution >= 4 is 92.5 Å². The number of rotatable bonds is 8. The van der Waals surface area contributed by atoms with Gasteiger partial charge in [0.25, 0.3) is 0 Å². The van der Waals surface area contributed by atoms with Gasteiger partial charge in [0.1, 0.15) is 5.54 Å². The Bertz CT molecular complexity index is 4100. The highest BCUT2D eigenvalue weighted by Gasteiger charge is 2.50. The number of aromatic nitrogens is 1. The molecule has 0 fully saturated rings. The van der Waals surface area contributed by atoms with Gasteiger partial charge in [0.15, 0.2) is 0 Å². The third-order valence-corrected chi connectivity index (χ3v) is 15.5. The normalized spacial score (nSPS) is 14.1. The van der Waals surface area contributed by atoms with Crippen LogP contribution in [0.5, 0.6) is 0 Å². The molecule has 2 aromatic heterocycles. The predicted octanol–water partition coefficient (Wildman–Crippen LogP) is 17.9. The fraction of sp³-hybridized carbons (Fsp3) is 0.0154. The fourth-order valence-corrected chi connectivity index (χ4v) is 12.5. The summed E-state index contributed by atoms with van der Waals surface area (Å²) in [5.74, 6) is 0. The Hall–Kier alpha value is -8.70. The van der Waals surface area contributed by atoms with Gasteiger partial charge in [-0.25, -0.2) is 0 Å². The van der Waals surface area contributed by atoms with E-state index in [0.29, 0.717) is 0 Å². The molecule has 1 atom stereocenters. The molecule has 69 heavy (non-hydrogen) atoms. The van der Waals surface area contributed by atoms with Gasteiger partial charge in [-0.15, -0.1) is 11.3 Å². The third-order valence-electron chi connectivity index (χ3n) is 14.3. The first-order valence-corrected chi connectivity index (χ1v) is 24.5. The van der Waals surface area contributed by atoms with Gasteiger partial charge in [-0.3, -0.25) is 0 Å². The Morgan fingerprint density at radius 3 is 1.78 bits per heavy atom. The van der Waals surface area contributed by atoms with Crippen molar-refractivity contribution in [2.75, 3.05) is 9.80 Å². The lowest BCUT2D eigenvalue weighted by atomic mass is 9.78. The summed E-state index contributed by atoms with van der Waals surface area (Å²) in [5, 5.41) is 7.45. The Balaban J connectivity index is 1.04. The second kappa shape index (κ2) is 15.7. The lowest BCUT2D eigenvalue weighted by molar-refractivity contribution is 0.644. The molecule has 0 aliphatic heterocycles. The molecule has 324 valence electrons. The molecule has 2 heterocycles. The molecule has 13 aromatic rings. The first-order valence-electron chi connectivity index (χ1n) is 23.7. The Kier molecular flexibility index (Phi) is 8.98. The van der Waals surface area contributed by atoms with Crippen LogP contribution in [-0.4, -0.2) is 4.57 Å². The van der Waals surface area contributed by atoms with E-state index in [2.05, 4.69) is 275 Å². The van der Waals surface area contributed by atoms with Crippen molar-refractivity contribution in [3.8, 4) is 16.8 Å². The van der Waals surface area contributed by atoms with Gasteiger partial charge in [0, 0.05) is 65.1 Å². The molecule has 1 unspecified atom stereocenters. The van der Waals surface area contributed by atoms with Crippen LogP contribution in [0.15, 0.2) is 261 Å². The molecule has 0 spiro atoms. The molecule has 0 saturated heterocycles. The van der Waals surface area contributed by atoms with Gasteiger partial charge < -0.3 is 14.4 Å². The van der Waals surface area contributed by atoms with E-state index in [1.54, 1.807) is 0 Å². The summed E-state index contributed by atoms with van der Waals surface area (Å²) < 4.78 is 5.02. The fourth-order valence-electron chi connectivity index (χ4n) is 11.4. The van der Waals surface area contributed by atoms with Crippen LogP contribution in [0.25, 0.3) is 69.6 Å². The van der Waals surface area contributed by atoms with Crippen LogP contribution in [0.1, 0.15) is 16.7 Å². The molecule has 0 amide bonds. The Morgan fingerprint density at radius 2 is 0.942 bits per heavy atom. The number of hydrogen-bond acceptors (Lipinski definition) is 3. The molecule has 0 saturated carbocycles. The highest BCUT2D eigenvalue weighted by molar-refractivity contribution is 7.25. The van der Waals surface area contributed by atoms with Crippen LogP contribution in [0.2, 0.25) is 0 Å². The highest BCUT2D eigenvalue weighted by atomic mass is 32.1. The lowest BCUT2D eigenvalue weighted by Gasteiger charge is -2.45. The second-order valence-electron chi connectivity index (χ2n) is 18.1. The molecular formula is C65H43N3S. The van der Waals surface area contributed by atoms with Crippen LogP contribution >= 0.6 is 11.3 Å². The Morgan fingerprint density at radius 1 is 0.333 bits per heavy atom. The maximum absolute atomic E-state index is 2.61. The summed E-state index contributed by atoms with van der Waals surface area (Å²) in [7, 11) is 0. The van der Waals surface area contributed by atoms with Crippen molar-refractivity contribution < 1.29 is 0 Å². The number of fused-ring (bicyclic) bond motifs is 10. The van der Waals surface area contributed by atoms with Gasteiger partial charge in [-0.05, 0) is 130 Å². The maximum atomic E-state index is 2.61. The molecule has 0 radical (unpaired) electrons. The molecule has 1 aliphatic carbocycles. The van der Waals surface area contributed by atoms with E-state index in [1.807, 2.05) is 11.3 Å². The van der Waals surface area contributed by atoms with Crippen LogP contribution in [0, 0.1) is 0 Å². The largest absolute Gasteiger partial charge is 0.323 e. The predicted molar refractivity (Wildman–Crippen MR) is 293 cm³/mol. The van der Waals surface area contributed by atoms with Crippen molar-refractivity contribution in [3.05, 3.63) is 278 Å². The molecule has 3 nitrogen and oxygen atoms in total. The van der Waals surface area contributed by atoms with Crippen molar-refractivity contribution in [1.82, 2.24) is 4.57 Å². The van der Waals surface area contributed by atoms with Crippen molar-refractivity contribution in [2.24, 2.45) is 0 Å². The molecule has 0 bridgehead atoms. The number of nitrogens with zero attached hydrogens (tertiary/aromatic N) is 3. The quantitative estimate of drug-likeness (QED) is 0.151. The number of anilines is 5. The summed E-state index contributed by atoms with van der Waals surface area (Å²) in [5.41, 5.74) is 14.3. The van der Waals surface area contributed by atoms with Crippen LogP contribution < -0.4 is 9.80 Å². The highest BCUT2D eigenvalue weighted by Crippen LogP contribution is 2.59. The molecule has 1 aliphatic rings. The average Bonchev–Trinajstić information content (AvgIpc) is 4.05. The Labute approximate surface area is 404 Å². The van der Waals surface area contributed by atoms with Crippen LogP contribution in [0.3, 0.4) is 0 Å². The average molecular weight is 898 g/mol. The van der Waals surface area contributed by atoms with Crippen LogP contribution in [0.4, 0.5) is 28.4 Å². The van der Waals surface area contributed by atoms with Crippen molar-refractivity contribution in [2.45, 2.75) is 5.54 Å². The first-order chi connectivity index (χ1) is 34.2. The minimum absolute atomic E-state index is 0.779. The van der Waals surface area contributed by atoms with E-state index in [4.69, 9.17) is 0 Å². The zero-order valence-corrected chi connectivity index (χ0v) is 38.4. The van der Waals surface area contributed by atoms with Crippen molar-refractivity contribution in [1.29, 1.82) is 0 Å². The molecule has 11 aromatic carbocycles. The minimum atomic E-state index is -0.779. The molecular weight excluding hydrogens is 855 g/mol. The number of hydrogen-bond donors (Lipinski definition) is 0. The first kappa shape index (κ1) is 39.5. The van der Waals surface area contributed by atoms with E-state index in [9.17, 15) is 0 Å². The van der Waals surface area contributed by atoms with Gasteiger partial charge in [-0.2, -0.15) is 0 Å². The van der Waals surface area contributed by atoms with Gasteiger partial charge in [-0.1, -0.05) is 170 Å². The van der Waals surface area contributed by atoms with E-state index in [-0.39, 0.29) is 0 Å². The van der Waals surface area contributed by atoms with Gasteiger partial charge in [0.05, 0.1) is 11.0 Å². The molecule has 0 N–H and O–H groups in total. The van der Waals surface area contributed by atoms with Gasteiger partial charge in [0.2, 0.25) is 0 Å². The summed E-state index contributed by atoms with van der Waals surface area (Å²) in [4.78, 5) is 5.06. The standard InChI is InChI=1S/C65H43N3S/c1-4-20-46(21-5-1)65(68(48-24-8-3-9-25-48)52-36-39-64-58(41-52)57-28-14-17-31-63(57)69-64)59-29-15-12-26-53(59)54-37-34-50(42-60(54)65)66(47-22-6-2-7-23-47)51-35-38-56-55-27-13-16-30-61(55)67(62(56)43-51)49-33-32-44-18-10-11-19-45(44)40-49/h1-43H. The second-order valence-corrected chi connectivity index (χ2v) is 19.1. The zero-order chi connectivity index (χ0) is 45.5. The van der Waals surface area contributed by atoms with Gasteiger partial charge >= 0.3 is 0 Å². The van der Waals surface area contributed by atoms with Crippen LogP contribution in [-0.2, 0) is 5.54 Å². The van der Waals surface area contributed by atoms with Crippen molar-refractivity contribution in [3.63, 3.8) is 0 Å². The SMILES string of the molecule is c1ccc(N(c2ccc3c(c2)C(c2ccccc2)(N(c2ccccc2)c2ccc4sc5ccccc5c4c2)c2ccccc2-3)c2ccc3c4ccccc4n(-c4ccc5ccccc5c4)c3c2)cc1. The summed E-state index contributed by atoms with van der Waals surface area (Å²) >= 11 is 1.86. The number of thiophene rings is 1. The summed E-state index contributed by atoms with van der Waals surface area (Å²) in [6.45, 7) is 0. The third kappa shape index (κ3) is 6.06. The summed E-state index contributed by atoms with van der Waals surface area (Å²) in [6, 6.07) is 96.4. The topological polar surface area (TPSA) is 11.4 Å². The van der Waals surface area contributed by atoms with E-state index < -0.39 is 5.54 Å². The molecule has 14 rings (SSSR count). The number of para-hydroxylation sites is 3. The monoisotopic (exact) mass is 897 g/mol. The number of benzene rings is 11. The zero-order valence-electron chi connectivity index (χ0n) is 37.6.